The number of benzene rings is 1. The Balaban J connectivity index is 2.46. The molecule has 0 spiro atoms. The fourth-order valence-electron chi connectivity index (χ4n) is 1.60. The highest BCUT2D eigenvalue weighted by Crippen LogP contribution is 2.30. The molecule has 19 heavy (non-hydrogen) atoms. The van der Waals surface area contributed by atoms with Crippen LogP contribution in [0.25, 0.3) is 11.3 Å². The molecular formula is C13H12BrNO3S. The quantitative estimate of drug-likeness (QED) is 0.630. The van der Waals surface area contributed by atoms with Crippen LogP contribution in [0.3, 0.4) is 0 Å². The predicted molar refractivity (Wildman–Crippen MR) is 78.1 cm³/mol. The van der Waals surface area contributed by atoms with Gasteiger partial charge in [0.1, 0.15) is 15.6 Å². The lowest BCUT2D eigenvalue weighted by Crippen LogP contribution is -2.00. The molecule has 2 rings (SSSR count). The first-order valence-corrected chi connectivity index (χ1v) is 7.41. The van der Waals surface area contributed by atoms with Gasteiger partial charge in [0.05, 0.1) is 25.2 Å². The molecule has 1 aromatic carbocycles. The van der Waals surface area contributed by atoms with Crippen LogP contribution in [0.1, 0.15) is 14.7 Å². The maximum Gasteiger partial charge on any atom is 0.350 e. The molecule has 6 heteroatoms. The van der Waals surface area contributed by atoms with E-state index in [1.54, 1.807) is 7.11 Å². The van der Waals surface area contributed by atoms with Gasteiger partial charge in [-0.3, -0.25) is 0 Å². The number of hydrogen-bond donors (Lipinski definition) is 0. The highest BCUT2D eigenvalue weighted by Gasteiger charge is 2.19. The number of carbonyl (C=O) groups excluding carboxylic acids is 1. The van der Waals surface area contributed by atoms with Gasteiger partial charge >= 0.3 is 5.97 Å². The highest BCUT2D eigenvalue weighted by atomic mass is 79.9. The summed E-state index contributed by atoms with van der Waals surface area (Å²) in [6.45, 7) is 0. The topological polar surface area (TPSA) is 48.4 Å². The Kier molecular flexibility index (Phi) is 4.55. The molecule has 100 valence electrons. The number of hydrogen-bond acceptors (Lipinski definition) is 5. The third-order valence-corrected chi connectivity index (χ3v) is 4.46. The maximum atomic E-state index is 11.8. The second-order valence-electron chi connectivity index (χ2n) is 3.64. The number of alkyl halides is 1. The Morgan fingerprint density at radius 1 is 1.32 bits per heavy atom. The van der Waals surface area contributed by atoms with E-state index in [0.29, 0.717) is 15.9 Å². The maximum absolute atomic E-state index is 11.8. The lowest BCUT2D eigenvalue weighted by atomic mass is 10.1. The standard InChI is InChI=1S/C13H12BrNO3S/c1-17-9-5-3-8(4-6-9)11-12(13(16)18-2)19-10(7-14)15-11/h3-6H,7H2,1-2H3. The summed E-state index contributed by atoms with van der Waals surface area (Å²) >= 11 is 4.68. The molecule has 0 fully saturated rings. The molecule has 0 aliphatic rings. The lowest BCUT2D eigenvalue weighted by Gasteiger charge is -2.03. The Bertz CT molecular complexity index is 580. The Morgan fingerprint density at radius 2 is 2.00 bits per heavy atom. The van der Waals surface area contributed by atoms with Crippen LogP contribution >= 0.6 is 27.3 Å². The van der Waals surface area contributed by atoms with E-state index in [-0.39, 0.29) is 5.97 Å². The Labute approximate surface area is 123 Å². The molecule has 4 nitrogen and oxygen atoms in total. The number of carbonyl (C=O) groups is 1. The van der Waals surface area contributed by atoms with Crippen LogP contribution in [-0.2, 0) is 10.1 Å². The van der Waals surface area contributed by atoms with Crippen molar-refractivity contribution in [3.05, 3.63) is 34.2 Å². The smallest absolute Gasteiger partial charge is 0.350 e. The van der Waals surface area contributed by atoms with Crippen molar-refractivity contribution < 1.29 is 14.3 Å². The van der Waals surface area contributed by atoms with Gasteiger partial charge in [-0.15, -0.1) is 11.3 Å². The third-order valence-electron chi connectivity index (χ3n) is 2.52. The summed E-state index contributed by atoms with van der Waals surface area (Å²) in [6, 6.07) is 7.42. The molecule has 0 radical (unpaired) electrons. The number of rotatable bonds is 4. The van der Waals surface area contributed by atoms with E-state index in [4.69, 9.17) is 9.47 Å². The van der Waals surface area contributed by atoms with E-state index in [9.17, 15) is 4.79 Å². The van der Waals surface area contributed by atoms with Gasteiger partial charge in [-0.2, -0.15) is 0 Å². The molecule has 0 N–H and O–H groups in total. The molecular weight excluding hydrogens is 330 g/mol. The molecule has 0 aliphatic carbocycles. The van der Waals surface area contributed by atoms with E-state index in [0.717, 1.165) is 16.3 Å². The zero-order valence-electron chi connectivity index (χ0n) is 10.5. The van der Waals surface area contributed by atoms with E-state index in [2.05, 4.69) is 20.9 Å². The van der Waals surface area contributed by atoms with Gasteiger partial charge < -0.3 is 9.47 Å². The number of ether oxygens (including phenoxy) is 2. The molecule has 1 heterocycles. The van der Waals surface area contributed by atoms with E-state index in [1.165, 1.54) is 18.4 Å². The second-order valence-corrected chi connectivity index (χ2v) is 5.28. The number of thiazole rings is 1. The van der Waals surface area contributed by atoms with Crippen molar-refractivity contribution in [1.82, 2.24) is 4.98 Å². The molecule has 1 aromatic heterocycles. The van der Waals surface area contributed by atoms with E-state index < -0.39 is 0 Å². The first kappa shape index (κ1) is 14.0. The molecule has 0 amide bonds. The van der Waals surface area contributed by atoms with Crippen LogP contribution < -0.4 is 4.74 Å². The molecule has 0 aliphatic heterocycles. The van der Waals surface area contributed by atoms with E-state index in [1.807, 2.05) is 24.3 Å². The van der Waals surface area contributed by atoms with Crippen LogP contribution in [0.2, 0.25) is 0 Å². The number of aromatic nitrogens is 1. The van der Waals surface area contributed by atoms with Crippen molar-refractivity contribution in [3.63, 3.8) is 0 Å². The average molecular weight is 342 g/mol. The van der Waals surface area contributed by atoms with Gasteiger partial charge in [0.15, 0.2) is 0 Å². The number of esters is 1. The highest BCUT2D eigenvalue weighted by molar-refractivity contribution is 9.08. The van der Waals surface area contributed by atoms with Crippen molar-refractivity contribution in [2.45, 2.75) is 5.33 Å². The zero-order chi connectivity index (χ0) is 13.8. The minimum atomic E-state index is -0.365. The van der Waals surface area contributed by atoms with E-state index >= 15 is 0 Å². The van der Waals surface area contributed by atoms with Crippen molar-refractivity contribution in [2.75, 3.05) is 14.2 Å². The fourth-order valence-corrected chi connectivity index (χ4v) is 2.92. The van der Waals surface area contributed by atoms with Crippen molar-refractivity contribution in [3.8, 4) is 17.0 Å². The number of methoxy groups -OCH3 is 2. The second kappa shape index (κ2) is 6.16. The summed E-state index contributed by atoms with van der Waals surface area (Å²) in [6.07, 6.45) is 0. The number of nitrogens with zero attached hydrogens (tertiary/aromatic N) is 1. The molecule has 2 aromatic rings. The Morgan fingerprint density at radius 3 is 2.53 bits per heavy atom. The summed E-state index contributed by atoms with van der Waals surface area (Å²) in [4.78, 5) is 16.7. The molecule has 0 unspecified atom stereocenters. The summed E-state index contributed by atoms with van der Waals surface area (Å²) in [5.41, 5.74) is 1.51. The molecule has 0 saturated heterocycles. The Hall–Kier alpha value is -1.40. The van der Waals surface area contributed by atoms with Crippen LogP contribution in [0.4, 0.5) is 0 Å². The first-order chi connectivity index (χ1) is 9.19. The summed E-state index contributed by atoms with van der Waals surface area (Å²) < 4.78 is 9.91. The predicted octanol–water partition coefficient (Wildman–Crippen LogP) is 3.50. The van der Waals surface area contributed by atoms with Crippen molar-refractivity contribution >= 4 is 33.2 Å². The van der Waals surface area contributed by atoms with Crippen molar-refractivity contribution in [1.29, 1.82) is 0 Å². The zero-order valence-corrected chi connectivity index (χ0v) is 12.9. The minimum absolute atomic E-state index is 0.365. The van der Waals surface area contributed by atoms with Gasteiger partial charge in [0.2, 0.25) is 0 Å². The molecule has 0 saturated carbocycles. The van der Waals surface area contributed by atoms with Gasteiger partial charge in [0, 0.05) is 5.56 Å². The third kappa shape index (κ3) is 2.96. The van der Waals surface area contributed by atoms with Crippen LogP contribution in [-0.4, -0.2) is 25.2 Å². The average Bonchev–Trinajstić information content (AvgIpc) is 2.90. The van der Waals surface area contributed by atoms with Crippen LogP contribution in [0.5, 0.6) is 5.75 Å². The number of halogens is 1. The summed E-state index contributed by atoms with van der Waals surface area (Å²) in [5.74, 6) is 0.398. The molecule has 0 atom stereocenters. The largest absolute Gasteiger partial charge is 0.497 e. The monoisotopic (exact) mass is 341 g/mol. The summed E-state index contributed by atoms with van der Waals surface area (Å²) in [7, 11) is 2.98. The first-order valence-electron chi connectivity index (χ1n) is 5.48. The van der Waals surface area contributed by atoms with Crippen LogP contribution in [0.15, 0.2) is 24.3 Å². The minimum Gasteiger partial charge on any atom is -0.497 e. The fraction of sp³-hybridized carbons (Fsp3) is 0.231. The SMILES string of the molecule is COC(=O)c1sc(CBr)nc1-c1ccc(OC)cc1. The lowest BCUT2D eigenvalue weighted by molar-refractivity contribution is 0.0607. The van der Waals surface area contributed by atoms with Gasteiger partial charge in [-0.1, -0.05) is 15.9 Å². The van der Waals surface area contributed by atoms with Gasteiger partial charge in [-0.25, -0.2) is 9.78 Å². The van der Waals surface area contributed by atoms with Gasteiger partial charge in [0.25, 0.3) is 0 Å². The molecule has 0 bridgehead atoms. The normalized spacial score (nSPS) is 10.3. The van der Waals surface area contributed by atoms with Crippen LogP contribution in [0, 0.1) is 0 Å². The van der Waals surface area contributed by atoms with Crippen molar-refractivity contribution in [2.24, 2.45) is 0 Å². The summed E-state index contributed by atoms with van der Waals surface area (Å²) in [5, 5.41) is 1.45. The van der Waals surface area contributed by atoms with Gasteiger partial charge in [-0.05, 0) is 24.3 Å².